The molecule has 2 amide bonds. The van der Waals surface area contributed by atoms with Crippen molar-refractivity contribution in [1.29, 1.82) is 0 Å². The van der Waals surface area contributed by atoms with Crippen molar-refractivity contribution >= 4 is 33.5 Å². The second-order valence-corrected chi connectivity index (χ2v) is 8.58. The molecule has 2 aromatic rings. The molecule has 0 aromatic heterocycles. The summed E-state index contributed by atoms with van der Waals surface area (Å²) in [6, 6.07) is 8.57. The lowest BCUT2D eigenvalue weighted by Gasteiger charge is -2.25. The van der Waals surface area contributed by atoms with E-state index >= 15 is 0 Å². The molecule has 3 rings (SSSR count). The summed E-state index contributed by atoms with van der Waals surface area (Å²) in [6.07, 6.45) is 0.939. The summed E-state index contributed by atoms with van der Waals surface area (Å²) in [7, 11) is -4.21. The molecule has 1 unspecified atom stereocenters. The first-order valence-corrected chi connectivity index (χ1v) is 10.6. The Morgan fingerprint density at radius 2 is 1.81 bits per heavy atom. The number of esters is 1. The van der Waals surface area contributed by atoms with Gasteiger partial charge in [0.05, 0.1) is 17.0 Å². The fourth-order valence-electron chi connectivity index (χ4n) is 3.20. The van der Waals surface area contributed by atoms with Gasteiger partial charge < -0.3 is 4.74 Å². The maximum atomic E-state index is 13.2. The van der Waals surface area contributed by atoms with Gasteiger partial charge in [-0.05, 0) is 48.5 Å². The number of benzene rings is 2. The van der Waals surface area contributed by atoms with E-state index in [4.69, 9.17) is 4.74 Å². The van der Waals surface area contributed by atoms with E-state index in [1.165, 1.54) is 37.3 Å². The van der Waals surface area contributed by atoms with Crippen LogP contribution in [-0.4, -0.2) is 43.1 Å². The lowest BCUT2D eigenvalue weighted by atomic mass is 10.2. The summed E-state index contributed by atoms with van der Waals surface area (Å²) in [6.45, 7) is 4.55. The van der Waals surface area contributed by atoms with Gasteiger partial charge in [-0.2, -0.15) is 4.31 Å². The van der Waals surface area contributed by atoms with Gasteiger partial charge in [-0.3, -0.25) is 14.4 Å². The normalized spacial score (nSPS) is 16.6. The first-order valence-electron chi connectivity index (χ1n) is 9.18. The summed E-state index contributed by atoms with van der Waals surface area (Å²) < 4.78 is 45.2. The molecule has 1 atom stereocenters. The van der Waals surface area contributed by atoms with E-state index in [1.54, 1.807) is 0 Å². The second-order valence-electron chi connectivity index (χ2n) is 6.69. The van der Waals surface area contributed by atoms with Crippen LogP contribution < -0.4 is 9.64 Å². The van der Waals surface area contributed by atoms with Crippen molar-refractivity contribution in [2.45, 2.75) is 24.3 Å². The number of carbonyl (C=O) groups is 3. The molecule has 10 heteroatoms. The minimum Gasteiger partial charge on any atom is -0.427 e. The topological polar surface area (TPSA) is 101 Å². The molecule has 0 N–H and O–H groups in total. The minimum atomic E-state index is -4.21. The molecule has 1 heterocycles. The second kappa shape index (κ2) is 8.78. The van der Waals surface area contributed by atoms with Crippen LogP contribution in [0.2, 0.25) is 0 Å². The lowest BCUT2D eigenvalue weighted by molar-refractivity contribution is -0.132. The summed E-state index contributed by atoms with van der Waals surface area (Å²) in [5.41, 5.74) is 0.214. The van der Waals surface area contributed by atoms with Gasteiger partial charge in [-0.15, -0.1) is 6.58 Å². The number of hydrogen-bond acceptors (Lipinski definition) is 6. The maximum absolute atomic E-state index is 13.2. The van der Waals surface area contributed by atoms with Gasteiger partial charge in [0, 0.05) is 13.5 Å². The number of anilines is 1. The van der Waals surface area contributed by atoms with Crippen LogP contribution in [0.5, 0.6) is 5.75 Å². The van der Waals surface area contributed by atoms with Crippen molar-refractivity contribution in [1.82, 2.24) is 4.31 Å². The largest absolute Gasteiger partial charge is 0.427 e. The molecule has 2 aromatic carbocycles. The fourth-order valence-corrected chi connectivity index (χ4v) is 4.76. The molecule has 0 spiro atoms. The van der Waals surface area contributed by atoms with E-state index in [9.17, 15) is 27.2 Å². The molecular formula is C21H19FN2O6S. The van der Waals surface area contributed by atoms with Crippen molar-refractivity contribution in [2.75, 3.05) is 11.4 Å². The maximum Gasteiger partial charge on any atom is 0.308 e. The van der Waals surface area contributed by atoms with Crippen molar-refractivity contribution in [2.24, 2.45) is 0 Å². The predicted octanol–water partition coefficient (Wildman–Crippen LogP) is 2.26. The zero-order valence-corrected chi connectivity index (χ0v) is 17.3. The number of carbonyl (C=O) groups excluding carboxylic acids is 3. The number of ether oxygens (including phenoxy) is 1. The fraction of sp³-hybridized carbons (Fsp3) is 0.190. The highest BCUT2D eigenvalue weighted by Crippen LogP contribution is 2.30. The number of amides is 2. The van der Waals surface area contributed by atoms with E-state index in [0.717, 1.165) is 33.5 Å². The molecule has 1 saturated heterocycles. The van der Waals surface area contributed by atoms with Crippen LogP contribution in [0.1, 0.15) is 13.3 Å². The molecule has 8 nitrogen and oxygen atoms in total. The Labute approximate surface area is 178 Å². The third kappa shape index (κ3) is 4.54. The summed E-state index contributed by atoms with van der Waals surface area (Å²) in [5, 5.41) is 0. The smallest absolute Gasteiger partial charge is 0.308 e. The SMILES string of the molecule is C=CCN(C1CC(=O)N(c2ccc(OC(C)=O)cc2)C1=O)S(=O)(=O)c1ccc(F)cc1. The number of imide groups is 1. The van der Waals surface area contributed by atoms with Crippen LogP contribution in [0.4, 0.5) is 10.1 Å². The molecule has 1 aliphatic heterocycles. The van der Waals surface area contributed by atoms with E-state index in [-0.39, 0.29) is 29.3 Å². The van der Waals surface area contributed by atoms with Gasteiger partial charge in [0.2, 0.25) is 15.9 Å². The highest BCUT2D eigenvalue weighted by molar-refractivity contribution is 7.89. The molecular weight excluding hydrogens is 427 g/mol. The Morgan fingerprint density at radius 1 is 1.19 bits per heavy atom. The highest BCUT2D eigenvalue weighted by atomic mass is 32.2. The minimum absolute atomic E-state index is 0.208. The van der Waals surface area contributed by atoms with E-state index in [0.29, 0.717) is 0 Å². The predicted molar refractivity (Wildman–Crippen MR) is 109 cm³/mol. The summed E-state index contributed by atoms with van der Waals surface area (Å²) in [5.74, 6) is -2.20. The monoisotopic (exact) mass is 446 g/mol. The number of hydrogen-bond donors (Lipinski definition) is 0. The molecule has 1 aliphatic rings. The van der Waals surface area contributed by atoms with Gasteiger partial charge in [0.15, 0.2) is 0 Å². The highest BCUT2D eigenvalue weighted by Gasteiger charge is 2.46. The van der Waals surface area contributed by atoms with Gasteiger partial charge in [-0.1, -0.05) is 6.08 Å². The Kier molecular flexibility index (Phi) is 6.32. The van der Waals surface area contributed by atoms with Crippen molar-refractivity contribution in [3.8, 4) is 5.75 Å². The number of sulfonamides is 1. The third-order valence-electron chi connectivity index (χ3n) is 4.56. The molecule has 0 bridgehead atoms. The third-order valence-corrected chi connectivity index (χ3v) is 6.45. The quantitative estimate of drug-likeness (QED) is 0.280. The number of rotatable bonds is 7. The van der Waals surface area contributed by atoms with Crippen LogP contribution in [0, 0.1) is 5.82 Å². The standard InChI is InChI=1S/C21H19FN2O6S/c1-3-12-23(31(28,29)18-10-4-15(22)5-11-18)19-13-20(26)24(21(19)27)16-6-8-17(9-7-16)30-14(2)25/h3-11,19H,1,12-13H2,2H3. The van der Waals surface area contributed by atoms with Crippen LogP contribution in [0.15, 0.2) is 66.1 Å². The first kappa shape index (κ1) is 22.3. The van der Waals surface area contributed by atoms with Crippen LogP contribution in [-0.2, 0) is 24.4 Å². The first-order chi connectivity index (χ1) is 14.6. The molecule has 0 aliphatic carbocycles. The van der Waals surface area contributed by atoms with Crippen LogP contribution in [0.25, 0.3) is 0 Å². The molecule has 1 fully saturated rings. The molecule has 0 radical (unpaired) electrons. The molecule has 31 heavy (non-hydrogen) atoms. The van der Waals surface area contributed by atoms with Crippen molar-refractivity contribution in [3.05, 3.63) is 67.0 Å². The van der Waals surface area contributed by atoms with E-state index < -0.39 is 39.7 Å². The molecule has 0 saturated carbocycles. The Morgan fingerprint density at radius 3 is 2.35 bits per heavy atom. The zero-order chi connectivity index (χ0) is 22.8. The Hall–Kier alpha value is -3.37. The Balaban J connectivity index is 1.91. The van der Waals surface area contributed by atoms with E-state index in [1.807, 2.05) is 0 Å². The van der Waals surface area contributed by atoms with Gasteiger partial charge >= 0.3 is 5.97 Å². The van der Waals surface area contributed by atoms with Crippen LogP contribution >= 0.6 is 0 Å². The van der Waals surface area contributed by atoms with Crippen molar-refractivity contribution in [3.63, 3.8) is 0 Å². The average Bonchev–Trinajstić information content (AvgIpc) is 3.00. The summed E-state index contributed by atoms with van der Waals surface area (Å²) in [4.78, 5) is 37.4. The van der Waals surface area contributed by atoms with Crippen LogP contribution in [0.3, 0.4) is 0 Å². The molecule has 162 valence electrons. The zero-order valence-electron chi connectivity index (χ0n) is 16.5. The Bertz CT molecular complexity index is 1130. The van der Waals surface area contributed by atoms with Gasteiger partial charge in [0.1, 0.15) is 17.6 Å². The number of nitrogens with zero attached hydrogens (tertiary/aromatic N) is 2. The van der Waals surface area contributed by atoms with Gasteiger partial charge in [0.25, 0.3) is 5.91 Å². The summed E-state index contributed by atoms with van der Waals surface area (Å²) >= 11 is 0. The average molecular weight is 446 g/mol. The van der Waals surface area contributed by atoms with E-state index in [2.05, 4.69) is 6.58 Å². The lowest BCUT2D eigenvalue weighted by Crippen LogP contribution is -2.45. The number of halogens is 1. The van der Waals surface area contributed by atoms with Gasteiger partial charge in [-0.25, -0.2) is 17.7 Å². The van der Waals surface area contributed by atoms with Crippen molar-refractivity contribution < 1.29 is 31.9 Å².